The van der Waals surface area contributed by atoms with Gasteiger partial charge in [-0.3, -0.25) is 14.4 Å². The van der Waals surface area contributed by atoms with Gasteiger partial charge in [0.05, 0.1) is 25.5 Å². The van der Waals surface area contributed by atoms with Crippen molar-refractivity contribution in [3.05, 3.63) is 91.9 Å². The molecular weight excluding hydrogens is 589 g/mol. The van der Waals surface area contributed by atoms with E-state index in [4.69, 9.17) is 34.8 Å². The van der Waals surface area contributed by atoms with Crippen molar-refractivity contribution in [3.63, 3.8) is 0 Å². The topological polar surface area (TPSA) is 69.7 Å². The van der Waals surface area contributed by atoms with Gasteiger partial charge >= 0.3 is 0 Å². The molecule has 2 fully saturated rings. The summed E-state index contributed by atoms with van der Waals surface area (Å²) < 4.78 is 29.0. The highest BCUT2D eigenvalue weighted by Crippen LogP contribution is 2.40. The van der Waals surface area contributed by atoms with Gasteiger partial charge in [-0.1, -0.05) is 46.9 Å². The molecule has 212 valence electrons. The number of sulfonamides is 1. The maximum absolute atomic E-state index is 13.7. The van der Waals surface area contributed by atoms with Gasteiger partial charge in [0, 0.05) is 37.3 Å². The van der Waals surface area contributed by atoms with Gasteiger partial charge in [0.2, 0.25) is 0 Å². The number of rotatable bonds is 6. The van der Waals surface area contributed by atoms with Crippen LogP contribution < -0.4 is 4.72 Å². The number of carbonyl (C=O) groups is 1. The molecule has 1 atom stereocenters. The SMILES string of the molecule is Cc1ccc(NS(=O)(=O)c2ccc(Cl)c(C(=O)N3CCCC4(CCN(Cc5ccc(Cl)c(Cl)c5)C4)C3)c2)cc1C. The van der Waals surface area contributed by atoms with Crippen molar-refractivity contribution in [2.75, 3.05) is 30.9 Å². The number of benzene rings is 3. The van der Waals surface area contributed by atoms with Crippen LogP contribution >= 0.6 is 34.8 Å². The molecule has 1 N–H and O–H groups in total. The van der Waals surface area contributed by atoms with E-state index in [9.17, 15) is 13.2 Å². The number of amides is 1. The number of anilines is 1. The van der Waals surface area contributed by atoms with Crippen LogP contribution in [0.15, 0.2) is 59.5 Å². The molecule has 0 bridgehead atoms. The molecule has 0 aliphatic carbocycles. The number of likely N-dealkylation sites (tertiary alicyclic amines) is 2. The second kappa shape index (κ2) is 11.5. The minimum absolute atomic E-state index is 0.00105. The van der Waals surface area contributed by atoms with Crippen LogP contribution in [0.3, 0.4) is 0 Å². The molecule has 6 nitrogen and oxygen atoms in total. The Kier molecular flexibility index (Phi) is 8.42. The maximum atomic E-state index is 13.7. The van der Waals surface area contributed by atoms with Gasteiger partial charge in [-0.05, 0) is 98.8 Å². The summed E-state index contributed by atoms with van der Waals surface area (Å²) in [7, 11) is -3.92. The Balaban J connectivity index is 1.30. The van der Waals surface area contributed by atoms with Gasteiger partial charge in [0.25, 0.3) is 15.9 Å². The minimum atomic E-state index is -3.92. The Morgan fingerprint density at radius 3 is 2.40 bits per heavy atom. The summed E-state index contributed by atoms with van der Waals surface area (Å²) in [5.41, 5.74) is 3.82. The molecular formula is C30H32Cl3N3O3S. The van der Waals surface area contributed by atoms with Crippen LogP contribution in [-0.4, -0.2) is 50.3 Å². The summed E-state index contributed by atoms with van der Waals surface area (Å²) in [6, 6.07) is 15.4. The number of hydrogen-bond acceptors (Lipinski definition) is 4. The largest absolute Gasteiger partial charge is 0.338 e. The van der Waals surface area contributed by atoms with Crippen molar-refractivity contribution < 1.29 is 13.2 Å². The zero-order valence-electron chi connectivity index (χ0n) is 22.5. The maximum Gasteiger partial charge on any atom is 0.261 e. The van der Waals surface area contributed by atoms with E-state index in [0.29, 0.717) is 28.8 Å². The molecule has 0 aromatic heterocycles. The average molecular weight is 621 g/mol. The monoisotopic (exact) mass is 619 g/mol. The van der Waals surface area contributed by atoms with Crippen LogP contribution in [0.5, 0.6) is 0 Å². The van der Waals surface area contributed by atoms with E-state index < -0.39 is 10.0 Å². The summed E-state index contributed by atoms with van der Waals surface area (Å²) in [4.78, 5) is 17.9. The number of nitrogens with zero attached hydrogens (tertiary/aromatic N) is 2. The lowest BCUT2D eigenvalue weighted by molar-refractivity contribution is 0.0526. The molecule has 2 aliphatic rings. The van der Waals surface area contributed by atoms with Crippen LogP contribution in [0.2, 0.25) is 15.1 Å². The Bertz CT molecular complexity index is 1560. The van der Waals surface area contributed by atoms with Crippen LogP contribution in [-0.2, 0) is 16.6 Å². The molecule has 3 aromatic carbocycles. The number of aryl methyl sites for hydroxylation is 2. The second-order valence-electron chi connectivity index (χ2n) is 11.1. The number of hydrogen-bond donors (Lipinski definition) is 1. The standard InChI is InChI=1S/C30H32Cl3N3O3S/c1-20-4-6-23(14-21(20)2)34-40(38,39)24-7-9-26(31)25(16-24)29(37)36-12-3-10-30(19-36)11-13-35(18-30)17-22-5-8-27(32)28(33)15-22/h4-9,14-16,34H,3,10-13,17-19H2,1-2H3. The minimum Gasteiger partial charge on any atom is -0.338 e. The summed E-state index contributed by atoms with van der Waals surface area (Å²) in [6.07, 6.45) is 2.91. The van der Waals surface area contributed by atoms with Crippen molar-refractivity contribution in [2.45, 2.75) is 44.6 Å². The summed E-state index contributed by atoms with van der Waals surface area (Å²) in [5.74, 6) is -0.241. The highest BCUT2D eigenvalue weighted by atomic mass is 35.5. The first kappa shape index (κ1) is 29.2. The van der Waals surface area contributed by atoms with Crippen LogP contribution in [0.25, 0.3) is 0 Å². The van der Waals surface area contributed by atoms with Gasteiger partial charge in [0.1, 0.15) is 0 Å². The number of piperidine rings is 1. The predicted molar refractivity (Wildman–Crippen MR) is 162 cm³/mol. The molecule has 2 saturated heterocycles. The lowest BCUT2D eigenvalue weighted by atomic mass is 9.79. The third kappa shape index (κ3) is 6.29. The zero-order valence-corrected chi connectivity index (χ0v) is 25.6. The fourth-order valence-corrected chi connectivity index (χ4v) is 7.39. The molecule has 0 saturated carbocycles. The molecule has 2 heterocycles. The first-order valence-electron chi connectivity index (χ1n) is 13.3. The fourth-order valence-electron chi connectivity index (χ4n) is 5.80. The van der Waals surface area contributed by atoms with Gasteiger partial charge in [-0.2, -0.15) is 0 Å². The smallest absolute Gasteiger partial charge is 0.261 e. The summed E-state index contributed by atoms with van der Waals surface area (Å²) in [6.45, 7) is 7.69. The van der Waals surface area contributed by atoms with E-state index >= 15 is 0 Å². The summed E-state index contributed by atoms with van der Waals surface area (Å²) >= 11 is 18.7. The quantitative estimate of drug-likeness (QED) is 0.317. The molecule has 3 aromatic rings. The molecule has 1 spiro atoms. The predicted octanol–water partition coefficient (Wildman–Crippen LogP) is 7.19. The number of halogens is 3. The van der Waals surface area contributed by atoms with Crippen molar-refractivity contribution in [3.8, 4) is 0 Å². The lowest BCUT2D eigenvalue weighted by Gasteiger charge is -2.40. The van der Waals surface area contributed by atoms with Crippen molar-refractivity contribution in [1.82, 2.24) is 9.80 Å². The van der Waals surface area contributed by atoms with Crippen LogP contribution in [0.1, 0.15) is 46.3 Å². The van der Waals surface area contributed by atoms with Crippen LogP contribution in [0.4, 0.5) is 5.69 Å². The average Bonchev–Trinajstić information content (AvgIpc) is 3.29. The molecule has 5 rings (SSSR count). The molecule has 10 heteroatoms. The third-order valence-corrected chi connectivity index (χ3v) is 10.5. The Morgan fingerprint density at radius 2 is 1.65 bits per heavy atom. The Hall–Kier alpha value is -2.29. The van der Waals surface area contributed by atoms with E-state index in [1.807, 2.05) is 43.0 Å². The number of nitrogens with one attached hydrogen (secondary N) is 1. The van der Waals surface area contributed by atoms with Crippen molar-refractivity contribution >= 4 is 56.4 Å². The summed E-state index contributed by atoms with van der Waals surface area (Å²) in [5, 5.41) is 1.33. The van der Waals surface area contributed by atoms with Gasteiger partial charge in [0.15, 0.2) is 0 Å². The normalized spacial score (nSPS) is 19.8. The molecule has 40 heavy (non-hydrogen) atoms. The third-order valence-electron chi connectivity index (χ3n) is 8.09. The van der Waals surface area contributed by atoms with Gasteiger partial charge < -0.3 is 4.90 Å². The fraction of sp³-hybridized carbons (Fsp3) is 0.367. The van der Waals surface area contributed by atoms with E-state index in [2.05, 4.69) is 9.62 Å². The van der Waals surface area contributed by atoms with E-state index in [1.54, 1.807) is 12.1 Å². The molecule has 0 radical (unpaired) electrons. The van der Waals surface area contributed by atoms with Crippen LogP contribution in [0, 0.1) is 19.3 Å². The first-order chi connectivity index (χ1) is 18.9. The number of carbonyl (C=O) groups excluding carboxylic acids is 1. The van der Waals surface area contributed by atoms with E-state index in [0.717, 1.165) is 55.6 Å². The first-order valence-corrected chi connectivity index (χ1v) is 15.9. The van der Waals surface area contributed by atoms with E-state index in [1.165, 1.54) is 18.2 Å². The van der Waals surface area contributed by atoms with E-state index in [-0.39, 0.29) is 26.8 Å². The molecule has 1 amide bonds. The zero-order chi connectivity index (χ0) is 28.7. The Labute approximate surface area is 251 Å². The highest BCUT2D eigenvalue weighted by Gasteiger charge is 2.42. The van der Waals surface area contributed by atoms with Gasteiger partial charge in [-0.15, -0.1) is 0 Å². The lowest BCUT2D eigenvalue weighted by Crippen LogP contribution is -2.47. The highest BCUT2D eigenvalue weighted by molar-refractivity contribution is 7.92. The van der Waals surface area contributed by atoms with Crippen molar-refractivity contribution in [2.24, 2.45) is 5.41 Å². The van der Waals surface area contributed by atoms with Gasteiger partial charge in [-0.25, -0.2) is 8.42 Å². The molecule has 2 aliphatic heterocycles. The second-order valence-corrected chi connectivity index (χ2v) is 14.0. The van der Waals surface area contributed by atoms with Crippen molar-refractivity contribution in [1.29, 1.82) is 0 Å². The molecule has 1 unspecified atom stereocenters. The Morgan fingerprint density at radius 1 is 0.875 bits per heavy atom.